The van der Waals surface area contributed by atoms with Gasteiger partial charge in [0.05, 0.1) is 34.6 Å². The zero-order valence-electron chi connectivity index (χ0n) is 16.9. The zero-order valence-corrected chi connectivity index (χ0v) is 17.7. The van der Waals surface area contributed by atoms with Crippen molar-refractivity contribution in [1.29, 1.82) is 0 Å². The van der Waals surface area contributed by atoms with Crippen LogP contribution in [0.1, 0.15) is 22.8 Å². The minimum absolute atomic E-state index is 0.111. The number of H-pyrrole nitrogens is 1. The molecule has 164 valence electrons. The van der Waals surface area contributed by atoms with Crippen molar-refractivity contribution >= 4 is 33.0 Å². The van der Waals surface area contributed by atoms with Crippen LogP contribution < -0.4 is 10.9 Å². The van der Waals surface area contributed by atoms with E-state index in [-0.39, 0.29) is 23.3 Å². The Bertz CT molecular complexity index is 1360. The number of fused-ring (bicyclic) bond motifs is 1. The molecule has 0 saturated carbocycles. The highest BCUT2D eigenvalue weighted by atomic mass is 32.3. The van der Waals surface area contributed by atoms with Crippen LogP contribution >= 0.6 is 10.6 Å². The minimum Gasteiger partial charge on any atom is -0.322 e. The van der Waals surface area contributed by atoms with E-state index in [9.17, 15) is 18.7 Å². The lowest BCUT2D eigenvalue weighted by Gasteiger charge is -2.25. The SMILES string of the molecule is O=C(Nc1ccc(-c2n[nH]c(=O)c3ccccc23)cc1)c1cnn(C2CCS(O)(O)C2)c1. The van der Waals surface area contributed by atoms with Crippen molar-refractivity contribution < 1.29 is 13.9 Å². The Kier molecular flexibility index (Phi) is 5.04. The third-order valence-electron chi connectivity index (χ3n) is 5.59. The van der Waals surface area contributed by atoms with Crippen molar-refractivity contribution in [3.8, 4) is 11.3 Å². The van der Waals surface area contributed by atoms with Gasteiger partial charge >= 0.3 is 0 Å². The molecule has 3 heterocycles. The van der Waals surface area contributed by atoms with Gasteiger partial charge < -0.3 is 5.32 Å². The topological polar surface area (TPSA) is 133 Å². The standard InChI is InChI=1S/C22H21N5O4S/c28-21(15-11-23-27(12-15)17-9-10-32(30,31)13-17)24-16-7-5-14(6-8-16)20-18-3-1-2-4-19(18)22(29)26-25-20/h1-8,11-12,17,30-31H,9-10,13H2,(H,24,28)(H,26,29). The number of benzene rings is 2. The molecular weight excluding hydrogens is 430 g/mol. The molecule has 32 heavy (non-hydrogen) atoms. The fourth-order valence-corrected chi connectivity index (χ4v) is 5.66. The summed E-state index contributed by atoms with van der Waals surface area (Å²) in [7, 11) is -2.53. The van der Waals surface area contributed by atoms with Crippen molar-refractivity contribution in [2.75, 3.05) is 16.8 Å². The largest absolute Gasteiger partial charge is 0.322 e. The number of anilines is 1. The number of carbonyl (C=O) groups is 1. The van der Waals surface area contributed by atoms with Crippen molar-refractivity contribution in [3.05, 3.63) is 76.8 Å². The van der Waals surface area contributed by atoms with Gasteiger partial charge in [0.15, 0.2) is 0 Å². The molecule has 1 saturated heterocycles. The fourth-order valence-electron chi connectivity index (χ4n) is 3.91. The minimum atomic E-state index is -2.53. The van der Waals surface area contributed by atoms with Gasteiger partial charge in [0.2, 0.25) is 0 Å². The number of carbonyl (C=O) groups excluding carboxylic acids is 1. The third-order valence-corrected chi connectivity index (χ3v) is 7.40. The molecule has 1 atom stereocenters. The summed E-state index contributed by atoms with van der Waals surface area (Å²) in [6.07, 6.45) is 3.73. The Hall–Kier alpha value is -3.47. The molecule has 0 bridgehead atoms. The van der Waals surface area contributed by atoms with Gasteiger partial charge in [-0.2, -0.15) is 20.8 Å². The quantitative estimate of drug-likeness (QED) is 0.374. The summed E-state index contributed by atoms with van der Waals surface area (Å²) < 4.78 is 21.3. The van der Waals surface area contributed by atoms with Crippen LogP contribution in [0.4, 0.5) is 5.69 Å². The number of nitrogens with zero attached hydrogens (tertiary/aromatic N) is 3. The first kappa shape index (κ1) is 20.4. The lowest BCUT2D eigenvalue weighted by atomic mass is 10.0. The van der Waals surface area contributed by atoms with Crippen LogP contribution in [0.25, 0.3) is 22.0 Å². The van der Waals surface area contributed by atoms with Crippen molar-refractivity contribution in [2.24, 2.45) is 0 Å². The van der Waals surface area contributed by atoms with E-state index >= 15 is 0 Å². The van der Waals surface area contributed by atoms with Gasteiger partial charge in [0.1, 0.15) is 0 Å². The summed E-state index contributed by atoms with van der Waals surface area (Å²) in [6.45, 7) is 0. The normalized spacial score (nSPS) is 18.5. The van der Waals surface area contributed by atoms with Crippen molar-refractivity contribution in [1.82, 2.24) is 20.0 Å². The van der Waals surface area contributed by atoms with Gasteiger partial charge in [-0.05, 0) is 24.6 Å². The number of nitrogens with one attached hydrogen (secondary N) is 2. The van der Waals surface area contributed by atoms with Crippen LogP contribution in [0.15, 0.2) is 65.7 Å². The molecule has 1 fully saturated rings. The van der Waals surface area contributed by atoms with Gasteiger partial charge in [0.25, 0.3) is 11.5 Å². The molecule has 5 rings (SSSR count). The highest BCUT2D eigenvalue weighted by molar-refractivity contribution is 8.24. The Morgan fingerprint density at radius 1 is 1.12 bits per heavy atom. The van der Waals surface area contributed by atoms with Crippen LogP contribution in [-0.2, 0) is 0 Å². The highest BCUT2D eigenvalue weighted by Gasteiger charge is 2.30. The summed E-state index contributed by atoms with van der Waals surface area (Å²) in [6, 6.07) is 14.4. The molecule has 2 aromatic carbocycles. The van der Waals surface area contributed by atoms with E-state index in [2.05, 4.69) is 20.6 Å². The molecule has 1 aliphatic heterocycles. The number of hydrogen-bond acceptors (Lipinski definition) is 6. The van der Waals surface area contributed by atoms with Crippen molar-refractivity contribution in [3.63, 3.8) is 0 Å². The van der Waals surface area contributed by atoms with Crippen LogP contribution in [0.5, 0.6) is 0 Å². The number of rotatable bonds is 4. The summed E-state index contributed by atoms with van der Waals surface area (Å²) in [5.74, 6) is 0.330. The smallest absolute Gasteiger partial charge is 0.272 e. The third kappa shape index (κ3) is 3.91. The van der Waals surface area contributed by atoms with E-state index in [4.69, 9.17) is 0 Å². The van der Waals surface area contributed by atoms with Crippen LogP contribution in [-0.4, -0.2) is 46.5 Å². The average molecular weight is 452 g/mol. The van der Waals surface area contributed by atoms with E-state index in [0.717, 1.165) is 10.9 Å². The lowest BCUT2D eigenvalue weighted by molar-refractivity contribution is 0.102. The van der Waals surface area contributed by atoms with Gasteiger partial charge in [0, 0.05) is 28.6 Å². The second kappa shape index (κ2) is 7.90. The average Bonchev–Trinajstić information content (AvgIpc) is 3.42. The summed E-state index contributed by atoms with van der Waals surface area (Å²) in [4.78, 5) is 24.6. The second-order valence-corrected chi connectivity index (χ2v) is 10.1. The molecule has 1 amide bonds. The first-order chi connectivity index (χ1) is 15.4. The van der Waals surface area contributed by atoms with E-state index in [1.165, 1.54) is 6.20 Å². The first-order valence-corrected chi connectivity index (χ1v) is 12.0. The maximum atomic E-state index is 12.6. The number of hydrogen-bond donors (Lipinski definition) is 4. The molecular formula is C22H21N5O4S. The molecule has 10 heteroatoms. The van der Waals surface area contributed by atoms with Gasteiger partial charge in [-0.15, -0.1) is 0 Å². The second-order valence-electron chi connectivity index (χ2n) is 7.80. The molecule has 2 aromatic heterocycles. The predicted molar refractivity (Wildman–Crippen MR) is 124 cm³/mol. The van der Waals surface area contributed by atoms with Crippen molar-refractivity contribution in [2.45, 2.75) is 12.5 Å². The Morgan fingerprint density at radius 3 is 2.59 bits per heavy atom. The van der Waals surface area contributed by atoms with E-state index in [1.807, 2.05) is 24.3 Å². The molecule has 4 aromatic rings. The molecule has 1 aliphatic rings. The Morgan fingerprint density at radius 2 is 1.88 bits per heavy atom. The molecule has 0 spiro atoms. The van der Waals surface area contributed by atoms with E-state index in [0.29, 0.717) is 34.5 Å². The van der Waals surface area contributed by atoms with Gasteiger partial charge in [-0.1, -0.05) is 30.3 Å². The Balaban J connectivity index is 1.32. The number of aromatic amines is 1. The van der Waals surface area contributed by atoms with Gasteiger partial charge in [-0.3, -0.25) is 23.4 Å². The number of aromatic nitrogens is 4. The van der Waals surface area contributed by atoms with Crippen LogP contribution in [0.3, 0.4) is 0 Å². The van der Waals surface area contributed by atoms with Crippen LogP contribution in [0, 0.1) is 0 Å². The summed E-state index contributed by atoms with van der Waals surface area (Å²) in [5.41, 5.74) is 2.22. The molecule has 9 nitrogen and oxygen atoms in total. The molecule has 4 N–H and O–H groups in total. The van der Waals surface area contributed by atoms with E-state index < -0.39 is 10.6 Å². The molecule has 1 unspecified atom stereocenters. The van der Waals surface area contributed by atoms with Gasteiger partial charge in [-0.25, -0.2) is 5.10 Å². The van der Waals surface area contributed by atoms with E-state index in [1.54, 1.807) is 35.1 Å². The maximum Gasteiger partial charge on any atom is 0.272 e. The predicted octanol–water partition coefficient (Wildman–Crippen LogP) is 3.73. The zero-order chi connectivity index (χ0) is 22.3. The number of amides is 1. The summed E-state index contributed by atoms with van der Waals surface area (Å²) >= 11 is 0. The summed E-state index contributed by atoms with van der Waals surface area (Å²) in [5, 5.41) is 15.1. The first-order valence-electron chi connectivity index (χ1n) is 10.1. The molecule has 0 radical (unpaired) electrons. The Labute approximate surface area is 184 Å². The van der Waals surface area contributed by atoms with Crippen LogP contribution in [0.2, 0.25) is 0 Å². The monoisotopic (exact) mass is 451 g/mol. The highest BCUT2D eigenvalue weighted by Crippen LogP contribution is 2.49. The maximum absolute atomic E-state index is 12.6. The lowest BCUT2D eigenvalue weighted by Crippen LogP contribution is -2.12. The fraction of sp³-hybridized carbons (Fsp3) is 0.182. The molecule has 0 aliphatic carbocycles.